The first-order valence-electron chi connectivity index (χ1n) is 6.76. The molecule has 1 N–H and O–H groups in total. The molecule has 1 saturated carbocycles. The summed E-state index contributed by atoms with van der Waals surface area (Å²) in [6.07, 6.45) is 7.87. The van der Waals surface area contributed by atoms with E-state index in [0.717, 1.165) is 12.4 Å². The third-order valence-electron chi connectivity index (χ3n) is 4.04. The summed E-state index contributed by atoms with van der Waals surface area (Å²) in [5.74, 6) is 1.13. The van der Waals surface area contributed by atoms with E-state index < -0.39 is 0 Å². The van der Waals surface area contributed by atoms with Crippen molar-refractivity contribution < 1.29 is 0 Å². The molecule has 2 unspecified atom stereocenters. The monoisotopic (exact) mass is 235 g/mol. The van der Waals surface area contributed by atoms with E-state index in [-0.39, 0.29) is 0 Å². The van der Waals surface area contributed by atoms with E-state index in [4.69, 9.17) is 0 Å². The molecule has 1 heterocycles. The third-order valence-corrected chi connectivity index (χ3v) is 4.04. The van der Waals surface area contributed by atoms with Crippen molar-refractivity contribution in [1.82, 2.24) is 14.9 Å². The Hall–Kier alpha value is -0.830. The summed E-state index contributed by atoms with van der Waals surface area (Å²) in [7, 11) is 0. The highest BCUT2D eigenvalue weighted by atomic mass is 15.1. The van der Waals surface area contributed by atoms with Gasteiger partial charge >= 0.3 is 0 Å². The van der Waals surface area contributed by atoms with Crippen LogP contribution < -0.4 is 5.32 Å². The molecule has 3 heteroatoms. The number of nitrogens with zero attached hydrogens (tertiary/aromatic N) is 2. The van der Waals surface area contributed by atoms with E-state index in [1.165, 1.54) is 19.3 Å². The van der Waals surface area contributed by atoms with Gasteiger partial charge in [-0.3, -0.25) is 0 Å². The van der Waals surface area contributed by atoms with Gasteiger partial charge in [-0.1, -0.05) is 20.8 Å². The highest BCUT2D eigenvalue weighted by Gasteiger charge is 2.35. The number of nitrogens with one attached hydrogen (secondary N) is 1. The fourth-order valence-corrected chi connectivity index (χ4v) is 3.08. The van der Waals surface area contributed by atoms with Crippen molar-refractivity contribution >= 4 is 0 Å². The minimum absolute atomic E-state index is 0.452. The van der Waals surface area contributed by atoms with Crippen LogP contribution in [0.2, 0.25) is 0 Å². The minimum Gasteiger partial charge on any atom is -0.331 e. The van der Waals surface area contributed by atoms with Crippen molar-refractivity contribution in [3.8, 4) is 0 Å². The molecule has 0 aliphatic heterocycles. The smallest absolute Gasteiger partial charge is 0.105 e. The molecule has 0 saturated heterocycles. The minimum atomic E-state index is 0.452. The predicted octanol–water partition coefficient (Wildman–Crippen LogP) is 2.92. The molecular weight excluding hydrogens is 210 g/mol. The second-order valence-electron chi connectivity index (χ2n) is 6.02. The summed E-state index contributed by atoms with van der Waals surface area (Å²) in [5.41, 5.74) is 0.452. The number of rotatable bonds is 3. The highest BCUT2D eigenvalue weighted by molar-refractivity contribution is 4.99. The fourth-order valence-electron chi connectivity index (χ4n) is 3.08. The predicted molar refractivity (Wildman–Crippen MR) is 71.1 cm³/mol. The number of imidazole rings is 1. The molecule has 1 aliphatic carbocycles. The Kier molecular flexibility index (Phi) is 3.57. The van der Waals surface area contributed by atoms with Gasteiger partial charge in [-0.2, -0.15) is 0 Å². The van der Waals surface area contributed by atoms with Gasteiger partial charge < -0.3 is 9.88 Å². The zero-order valence-electron chi connectivity index (χ0n) is 11.5. The van der Waals surface area contributed by atoms with Crippen LogP contribution in [0.5, 0.6) is 0 Å². The molecule has 0 amide bonds. The van der Waals surface area contributed by atoms with Crippen LogP contribution in [0.4, 0.5) is 0 Å². The van der Waals surface area contributed by atoms with Gasteiger partial charge in [0.1, 0.15) is 5.82 Å². The zero-order chi connectivity index (χ0) is 12.5. The fraction of sp³-hybridized carbons (Fsp3) is 0.786. The lowest BCUT2D eigenvalue weighted by molar-refractivity contribution is 0.142. The summed E-state index contributed by atoms with van der Waals surface area (Å²) in [6.45, 7) is 10.1. The summed E-state index contributed by atoms with van der Waals surface area (Å²) in [4.78, 5) is 4.37. The van der Waals surface area contributed by atoms with Crippen LogP contribution in [0.3, 0.4) is 0 Å². The van der Waals surface area contributed by atoms with Gasteiger partial charge in [0.2, 0.25) is 0 Å². The maximum Gasteiger partial charge on any atom is 0.105 e. The van der Waals surface area contributed by atoms with Crippen LogP contribution in [0.1, 0.15) is 51.9 Å². The molecule has 1 fully saturated rings. The van der Waals surface area contributed by atoms with Crippen LogP contribution in [-0.2, 0) is 0 Å². The van der Waals surface area contributed by atoms with Crippen molar-refractivity contribution in [3.63, 3.8) is 0 Å². The number of hydrogen-bond acceptors (Lipinski definition) is 2. The van der Waals surface area contributed by atoms with Crippen molar-refractivity contribution in [2.45, 2.75) is 59.0 Å². The number of aromatic nitrogens is 2. The van der Waals surface area contributed by atoms with Crippen molar-refractivity contribution in [3.05, 3.63) is 18.2 Å². The van der Waals surface area contributed by atoms with Crippen LogP contribution in [-0.4, -0.2) is 22.1 Å². The Morgan fingerprint density at radius 3 is 2.88 bits per heavy atom. The lowest BCUT2D eigenvalue weighted by Gasteiger charge is -2.42. The first-order valence-corrected chi connectivity index (χ1v) is 6.76. The summed E-state index contributed by atoms with van der Waals surface area (Å²) < 4.78 is 2.36. The molecule has 0 bridgehead atoms. The van der Waals surface area contributed by atoms with Crippen LogP contribution in [0.15, 0.2) is 12.4 Å². The Balaban J connectivity index is 2.22. The van der Waals surface area contributed by atoms with E-state index in [1.54, 1.807) is 0 Å². The van der Waals surface area contributed by atoms with Crippen molar-refractivity contribution in [1.29, 1.82) is 0 Å². The molecule has 17 heavy (non-hydrogen) atoms. The normalized spacial score (nSPS) is 28.2. The maximum atomic E-state index is 4.37. The van der Waals surface area contributed by atoms with Crippen molar-refractivity contribution in [2.75, 3.05) is 6.54 Å². The molecule has 3 nitrogen and oxygen atoms in total. The molecule has 1 aromatic rings. The average Bonchev–Trinajstić information content (AvgIpc) is 2.67. The van der Waals surface area contributed by atoms with Crippen LogP contribution in [0, 0.1) is 12.3 Å². The molecular formula is C14H25N3. The molecule has 2 rings (SSSR count). The second kappa shape index (κ2) is 4.81. The maximum absolute atomic E-state index is 4.37. The largest absolute Gasteiger partial charge is 0.331 e. The molecule has 0 radical (unpaired) electrons. The standard InChI is InChI=1S/C14H25N3/c1-5-15-12-6-7-14(3,4)10-13(12)17-9-8-16-11(17)2/h8-9,12-13,15H,5-7,10H2,1-4H3. The molecule has 96 valence electrons. The first-order chi connectivity index (χ1) is 8.03. The van der Waals surface area contributed by atoms with Gasteiger partial charge in [0.15, 0.2) is 0 Å². The van der Waals surface area contributed by atoms with Gasteiger partial charge in [-0.05, 0) is 38.1 Å². The van der Waals surface area contributed by atoms with Gasteiger partial charge in [0.05, 0.1) is 6.04 Å². The third kappa shape index (κ3) is 2.71. The first kappa shape index (κ1) is 12.6. The Morgan fingerprint density at radius 1 is 1.53 bits per heavy atom. The summed E-state index contributed by atoms with van der Waals surface area (Å²) in [6, 6.07) is 1.15. The molecule has 1 aromatic heterocycles. The van der Waals surface area contributed by atoms with E-state index in [9.17, 15) is 0 Å². The number of aryl methyl sites for hydroxylation is 1. The van der Waals surface area contributed by atoms with E-state index in [2.05, 4.69) is 48.8 Å². The SMILES string of the molecule is CCNC1CCC(C)(C)CC1n1ccnc1C. The summed E-state index contributed by atoms with van der Waals surface area (Å²) >= 11 is 0. The second-order valence-corrected chi connectivity index (χ2v) is 6.02. The lowest BCUT2D eigenvalue weighted by Crippen LogP contribution is -2.44. The highest BCUT2D eigenvalue weighted by Crippen LogP contribution is 2.41. The zero-order valence-corrected chi connectivity index (χ0v) is 11.5. The van der Waals surface area contributed by atoms with Gasteiger partial charge in [-0.15, -0.1) is 0 Å². The molecule has 2 atom stereocenters. The van der Waals surface area contributed by atoms with E-state index in [1.807, 2.05) is 6.20 Å². The van der Waals surface area contributed by atoms with E-state index >= 15 is 0 Å². The summed E-state index contributed by atoms with van der Waals surface area (Å²) in [5, 5.41) is 3.64. The quantitative estimate of drug-likeness (QED) is 0.873. The topological polar surface area (TPSA) is 29.9 Å². The number of likely N-dealkylation sites (N-methyl/N-ethyl adjacent to an activating group) is 1. The van der Waals surface area contributed by atoms with Gasteiger partial charge in [0.25, 0.3) is 0 Å². The lowest BCUT2D eigenvalue weighted by atomic mass is 9.72. The molecule has 1 aliphatic rings. The number of hydrogen-bond donors (Lipinski definition) is 1. The molecule has 0 spiro atoms. The van der Waals surface area contributed by atoms with Crippen molar-refractivity contribution in [2.24, 2.45) is 5.41 Å². The Morgan fingerprint density at radius 2 is 2.29 bits per heavy atom. The average molecular weight is 235 g/mol. The Bertz CT molecular complexity index is 367. The van der Waals surface area contributed by atoms with Crippen LogP contribution in [0.25, 0.3) is 0 Å². The van der Waals surface area contributed by atoms with Gasteiger partial charge in [-0.25, -0.2) is 4.98 Å². The molecule has 0 aromatic carbocycles. The van der Waals surface area contributed by atoms with Crippen LogP contribution >= 0.6 is 0 Å². The van der Waals surface area contributed by atoms with Gasteiger partial charge in [0, 0.05) is 18.4 Å². The van der Waals surface area contributed by atoms with E-state index in [0.29, 0.717) is 17.5 Å². The Labute approximate surface area is 105 Å².